The Morgan fingerprint density at radius 1 is 0.931 bits per heavy atom. The number of rotatable bonds is 11. The van der Waals surface area contributed by atoms with Crippen LogP contribution in [0, 0.1) is 5.92 Å². The molecule has 0 aromatic heterocycles. The van der Waals surface area contributed by atoms with E-state index in [0.717, 1.165) is 13.0 Å². The first-order valence-corrected chi connectivity index (χ1v) is 11.9. The van der Waals surface area contributed by atoms with Gasteiger partial charge in [0.1, 0.15) is 0 Å². The Hall–Kier alpha value is -1.69. The highest BCUT2D eigenvalue weighted by molar-refractivity contribution is 7.86. The van der Waals surface area contributed by atoms with Crippen LogP contribution in [0.3, 0.4) is 0 Å². The Bertz CT molecular complexity index is 793. The quantitative estimate of drug-likeness (QED) is 0.487. The van der Waals surface area contributed by atoms with Crippen LogP contribution in [0.15, 0.2) is 60.7 Å². The van der Waals surface area contributed by atoms with Crippen molar-refractivity contribution < 1.29 is 12.6 Å². The van der Waals surface area contributed by atoms with Crippen LogP contribution >= 0.6 is 0 Å². The summed E-state index contributed by atoms with van der Waals surface area (Å²) < 4.78 is 30.0. The molecule has 0 aliphatic rings. The van der Waals surface area contributed by atoms with Gasteiger partial charge in [0.05, 0.1) is 11.4 Å². The first kappa shape index (κ1) is 23.6. The third-order valence-corrected chi connectivity index (χ3v) is 6.52. The van der Waals surface area contributed by atoms with Gasteiger partial charge in [0.15, 0.2) is 0 Å². The first-order valence-electron chi connectivity index (χ1n) is 10.3. The Morgan fingerprint density at radius 3 is 1.86 bits per heavy atom. The van der Waals surface area contributed by atoms with Crippen molar-refractivity contribution in [2.45, 2.75) is 45.6 Å². The van der Waals surface area contributed by atoms with E-state index in [9.17, 15) is 8.42 Å². The van der Waals surface area contributed by atoms with E-state index in [4.69, 9.17) is 4.18 Å². The summed E-state index contributed by atoms with van der Waals surface area (Å²) in [5.74, 6) is 0.393. The molecule has 0 N–H and O–H groups in total. The average Bonchev–Trinajstić information content (AvgIpc) is 2.61. The average molecular weight is 418 g/mol. The summed E-state index contributed by atoms with van der Waals surface area (Å²) in [7, 11) is -1.51. The van der Waals surface area contributed by atoms with Crippen molar-refractivity contribution in [2.75, 3.05) is 25.9 Å². The van der Waals surface area contributed by atoms with Gasteiger partial charge in [-0.1, -0.05) is 74.5 Å². The third kappa shape index (κ3) is 8.29. The second-order valence-electron chi connectivity index (χ2n) is 8.86. The molecule has 2 rings (SSSR count). The van der Waals surface area contributed by atoms with Gasteiger partial charge in [0.2, 0.25) is 0 Å². The van der Waals surface area contributed by atoms with Gasteiger partial charge in [-0.3, -0.25) is 4.18 Å². The van der Waals surface area contributed by atoms with E-state index < -0.39 is 15.7 Å². The van der Waals surface area contributed by atoms with Crippen LogP contribution in [0.2, 0.25) is 0 Å². The first-order chi connectivity index (χ1) is 13.6. The molecule has 0 fully saturated rings. The van der Waals surface area contributed by atoms with Crippen LogP contribution < -0.4 is 0 Å². The fourth-order valence-electron chi connectivity index (χ4n) is 3.79. The predicted molar refractivity (Wildman–Crippen MR) is 121 cm³/mol. The number of benzene rings is 2. The molecule has 160 valence electrons. The van der Waals surface area contributed by atoms with Gasteiger partial charge >= 0.3 is 0 Å². The Kier molecular flexibility index (Phi) is 8.44. The molecule has 2 aromatic carbocycles. The topological polar surface area (TPSA) is 46.6 Å². The standard InChI is InChI=1S/C24H35NO3S/c1-20(2)18-29(26,27)28-24(3,4)19-25(5)17-16-23(21-12-8-6-9-13-21)22-14-10-7-11-15-22/h6-15,20,23H,16-19H2,1-5H3. The summed E-state index contributed by atoms with van der Waals surface area (Å²) in [5.41, 5.74) is 1.82. The van der Waals surface area contributed by atoms with Crippen molar-refractivity contribution >= 4 is 10.1 Å². The lowest BCUT2D eigenvalue weighted by Gasteiger charge is -2.31. The molecular formula is C24H35NO3S. The van der Waals surface area contributed by atoms with Crippen molar-refractivity contribution in [3.63, 3.8) is 0 Å². The predicted octanol–water partition coefficient (Wildman–Crippen LogP) is 4.92. The number of likely N-dealkylation sites (N-methyl/N-ethyl adjacent to an activating group) is 1. The van der Waals surface area contributed by atoms with Gasteiger partial charge in [-0.25, -0.2) is 0 Å². The number of hydrogen-bond acceptors (Lipinski definition) is 4. The fourth-order valence-corrected chi connectivity index (χ4v) is 5.41. The normalized spacial score (nSPS) is 12.8. The van der Waals surface area contributed by atoms with Gasteiger partial charge in [0, 0.05) is 12.5 Å². The molecule has 0 aliphatic heterocycles. The second-order valence-corrected chi connectivity index (χ2v) is 10.5. The SMILES string of the molecule is CC(C)CS(=O)(=O)OC(C)(C)CN(C)CCC(c1ccccc1)c1ccccc1. The van der Waals surface area contributed by atoms with E-state index in [1.165, 1.54) is 11.1 Å². The van der Waals surface area contributed by atoms with Crippen molar-refractivity contribution in [1.29, 1.82) is 0 Å². The van der Waals surface area contributed by atoms with E-state index in [2.05, 4.69) is 53.4 Å². The van der Waals surface area contributed by atoms with Crippen LogP contribution in [0.5, 0.6) is 0 Å². The van der Waals surface area contributed by atoms with Crippen LogP contribution in [-0.2, 0) is 14.3 Å². The highest BCUT2D eigenvalue weighted by Gasteiger charge is 2.29. The van der Waals surface area contributed by atoms with Crippen molar-refractivity contribution in [3.05, 3.63) is 71.8 Å². The van der Waals surface area contributed by atoms with E-state index in [0.29, 0.717) is 12.5 Å². The minimum Gasteiger partial charge on any atom is -0.303 e. The van der Waals surface area contributed by atoms with Gasteiger partial charge in [-0.15, -0.1) is 0 Å². The van der Waals surface area contributed by atoms with Crippen molar-refractivity contribution in [1.82, 2.24) is 4.90 Å². The smallest absolute Gasteiger partial charge is 0.268 e. The van der Waals surface area contributed by atoms with Gasteiger partial charge in [-0.05, 0) is 50.9 Å². The van der Waals surface area contributed by atoms with Crippen molar-refractivity contribution in [3.8, 4) is 0 Å². The molecular weight excluding hydrogens is 382 g/mol. The molecule has 0 saturated heterocycles. The Morgan fingerprint density at radius 2 is 1.41 bits per heavy atom. The summed E-state index contributed by atoms with van der Waals surface area (Å²) >= 11 is 0. The Balaban J connectivity index is 2.02. The highest BCUT2D eigenvalue weighted by atomic mass is 32.2. The lowest BCUT2D eigenvalue weighted by Crippen LogP contribution is -2.41. The molecule has 0 atom stereocenters. The number of nitrogens with zero attached hydrogens (tertiary/aromatic N) is 1. The molecule has 0 unspecified atom stereocenters. The van der Waals surface area contributed by atoms with E-state index in [-0.39, 0.29) is 11.7 Å². The molecule has 0 amide bonds. The van der Waals surface area contributed by atoms with Crippen LogP contribution in [0.4, 0.5) is 0 Å². The molecule has 5 heteroatoms. The lowest BCUT2D eigenvalue weighted by atomic mass is 9.88. The molecule has 0 saturated carbocycles. The van der Waals surface area contributed by atoms with Crippen LogP contribution in [-0.4, -0.2) is 44.8 Å². The van der Waals surface area contributed by atoms with E-state index in [1.54, 1.807) is 0 Å². The second kappa shape index (κ2) is 10.4. The third-order valence-electron chi connectivity index (χ3n) is 4.74. The molecule has 29 heavy (non-hydrogen) atoms. The zero-order chi connectivity index (χ0) is 21.5. The molecule has 0 bridgehead atoms. The minimum atomic E-state index is -3.53. The summed E-state index contributed by atoms with van der Waals surface area (Å²) in [5, 5.41) is 0. The molecule has 0 aliphatic carbocycles. The van der Waals surface area contributed by atoms with Gasteiger partial charge in [0.25, 0.3) is 10.1 Å². The van der Waals surface area contributed by atoms with E-state index >= 15 is 0 Å². The monoisotopic (exact) mass is 417 g/mol. The fraction of sp³-hybridized carbons (Fsp3) is 0.500. The summed E-state index contributed by atoms with van der Waals surface area (Å²) in [6, 6.07) is 21.1. The number of hydrogen-bond donors (Lipinski definition) is 0. The molecule has 4 nitrogen and oxygen atoms in total. The molecule has 2 aromatic rings. The summed E-state index contributed by atoms with van der Waals surface area (Å²) in [6.07, 6.45) is 0.944. The minimum absolute atomic E-state index is 0.0459. The maximum absolute atomic E-state index is 12.2. The zero-order valence-electron chi connectivity index (χ0n) is 18.3. The largest absolute Gasteiger partial charge is 0.303 e. The van der Waals surface area contributed by atoms with Gasteiger partial charge < -0.3 is 4.90 Å². The zero-order valence-corrected chi connectivity index (χ0v) is 19.2. The summed E-state index contributed by atoms with van der Waals surface area (Å²) in [4.78, 5) is 2.16. The maximum Gasteiger partial charge on any atom is 0.268 e. The molecule has 0 heterocycles. The van der Waals surface area contributed by atoms with E-state index in [1.807, 2.05) is 46.9 Å². The Labute approximate surface area is 177 Å². The van der Waals surface area contributed by atoms with Crippen LogP contribution in [0.25, 0.3) is 0 Å². The molecule has 0 spiro atoms. The van der Waals surface area contributed by atoms with Crippen molar-refractivity contribution in [2.24, 2.45) is 5.92 Å². The highest BCUT2D eigenvalue weighted by Crippen LogP contribution is 2.28. The maximum atomic E-state index is 12.2. The van der Waals surface area contributed by atoms with Gasteiger partial charge in [-0.2, -0.15) is 8.42 Å². The molecule has 0 radical (unpaired) electrons. The lowest BCUT2D eigenvalue weighted by molar-refractivity contribution is 0.0748. The van der Waals surface area contributed by atoms with Crippen LogP contribution in [0.1, 0.15) is 51.2 Å². The summed E-state index contributed by atoms with van der Waals surface area (Å²) in [6.45, 7) is 8.83.